The molecule has 0 aliphatic carbocycles. The van der Waals surface area contributed by atoms with E-state index in [1.165, 1.54) is 0 Å². The van der Waals surface area contributed by atoms with Crippen LogP contribution in [0.15, 0.2) is 29.2 Å². The Hall–Kier alpha value is -2.23. The minimum absolute atomic E-state index is 0.0406. The molecule has 4 rings (SSSR count). The zero-order valence-corrected chi connectivity index (χ0v) is 20.7. The predicted molar refractivity (Wildman–Crippen MR) is 127 cm³/mol. The fourth-order valence-corrected chi connectivity index (χ4v) is 6.60. The summed E-state index contributed by atoms with van der Waals surface area (Å²) in [5, 5.41) is 18.0. The second kappa shape index (κ2) is 9.43. The Morgan fingerprint density at radius 3 is 2.65 bits per heavy atom. The van der Waals surface area contributed by atoms with Gasteiger partial charge in [0.2, 0.25) is 15.9 Å². The number of nitriles is 1. The second-order valence-corrected chi connectivity index (χ2v) is 12.1. The van der Waals surface area contributed by atoms with Gasteiger partial charge in [0.1, 0.15) is 6.17 Å². The highest BCUT2D eigenvalue weighted by atomic mass is 32.2. The van der Waals surface area contributed by atoms with E-state index in [0.717, 1.165) is 19.3 Å². The summed E-state index contributed by atoms with van der Waals surface area (Å²) >= 11 is 0. The molecule has 1 amide bonds. The fourth-order valence-electron chi connectivity index (χ4n) is 5.19. The maximum Gasteiger partial charge on any atom is 0.241 e. The number of nitrogens with zero attached hydrogens (tertiary/aromatic N) is 2. The number of sulfonamides is 1. The van der Waals surface area contributed by atoms with Crippen LogP contribution < -0.4 is 20.8 Å². The van der Waals surface area contributed by atoms with Gasteiger partial charge in [-0.1, -0.05) is 0 Å². The molecular formula is C23H34N6O4S. The Bertz CT molecular complexity index is 1040. The Balaban J connectivity index is 1.56. The first kappa shape index (κ1) is 24.9. The van der Waals surface area contributed by atoms with Crippen molar-refractivity contribution < 1.29 is 17.9 Å². The smallest absolute Gasteiger partial charge is 0.241 e. The summed E-state index contributed by atoms with van der Waals surface area (Å²) < 4.78 is 33.6. The van der Waals surface area contributed by atoms with Crippen molar-refractivity contribution in [1.29, 1.82) is 5.26 Å². The summed E-state index contributed by atoms with van der Waals surface area (Å²) in [4.78, 5) is 13.1. The molecule has 3 fully saturated rings. The van der Waals surface area contributed by atoms with Crippen LogP contribution in [0.2, 0.25) is 0 Å². The monoisotopic (exact) mass is 490 g/mol. The lowest BCUT2D eigenvalue weighted by Crippen LogP contribution is -2.61. The molecule has 3 heterocycles. The van der Waals surface area contributed by atoms with Gasteiger partial charge in [-0.05, 0) is 64.3 Å². The predicted octanol–water partition coefficient (Wildman–Crippen LogP) is 1.29. The fraction of sp³-hybridized carbons (Fsp3) is 0.652. The standard InChI is InChI=1S/C23H34N6O4S/c1-22(2,3)28-34(31,32)17-7-5-16(6-8-17)26-20-19-18(9-13-25-21(19)30)29(27-20)23(11-12-24)10-4-14-33-15-23/h5-8,18-20,26-28H,4,9-11,13-15H2,1-3H3,(H,25,30)/t18?,19?,20?,23-/m0/s1. The number of amides is 1. The van der Waals surface area contributed by atoms with E-state index in [0.29, 0.717) is 31.9 Å². The van der Waals surface area contributed by atoms with Crippen molar-refractivity contribution in [2.24, 2.45) is 5.92 Å². The molecule has 3 aliphatic heterocycles. The van der Waals surface area contributed by atoms with Crippen LogP contribution in [-0.2, 0) is 19.6 Å². The maximum atomic E-state index is 12.9. The van der Waals surface area contributed by atoms with Crippen molar-refractivity contribution in [3.8, 4) is 6.07 Å². The Labute approximate surface area is 201 Å². The molecule has 11 heteroatoms. The zero-order valence-electron chi connectivity index (χ0n) is 19.9. The van der Waals surface area contributed by atoms with Crippen LogP contribution in [0.5, 0.6) is 0 Å². The second-order valence-electron chi connectivity index (χ2n) is 10.4. The number of rotatable bonds is 6. The average Bonchev–Trinajstić information content (AvgIpc) is 3.14. The summed E-state index contributed by atoms with van der Waals surface area (Å²) in [6, 6.07) is 8.74. The number of carbonyl (C=O) groups is 1. The molecule has 10 nitrogen and oxygen atoms in total. The van der Waals surface area contributed by atoms with Gasteiger partial charge in [-0.15, -0.1) is 0 Å². The minimum atomic E-state index is -3.64. The molecule has 3 unspecified atom stereocenters. The van der Waals surface area contributed by atoms with Crippen molar-refractivity contribution in [2.75, 3.05) is 25.1 Å². The Morgan fingerprint density at radius 1 is 1.29 bits per heavy atom. The largest absolute Gasteiger partial charge is 0.379 e. The number of hydrogen-bond acceptors (Lipinski definition) is 8. The highest BCUT2D eigenvalue weighted by Crippen LogP contribution is 2.38. The third-order valence-electron chi connectivity index (χ3n) is 6.57. The molecule has 3 saturated heterocycles. The lowest BCUT2D eigenvalue weighted by atomic mass is 9.84. The SMILES string of the molecule is CC(C)(C)NS(=O)(=O)c1ccc(NC2NN([C@]3(CC#N)CCCOC3)C3CCNC(=O)C23)cc1. The van der Waals surface area contributed by atoms with E-state index >= 15 is 0 Å². The number of hydrazine groups is 1. The van der Waals surface area contributed by atoms with Crippen molar-refractivity contribution in [3.63, 3.8) is 0 Å². The zero-order chi connectivity index (χ0) is 24.6. The molecule has 0 radical (unpaired) electrons. The van der Waals surface area contributed by atoms with Gasteiger partial charge in [0.15, 0.2) is 0 Å². The summed E-state index contributed by atoms with van der Waals surface area (Å²) in [5.41, 5.74) is 3.11. The first-order valence-electron chi connectivity index (χ1n) is 11.7. The highest BCUT2D eigenvalue weighted by molar-refractivity contribution is 7.89. The van der Waals surface area contributed by atoms with E-state index in [9.17, 15) is 18.5 Å². The van der Waals surface area contributed by atoms with Gasteiger partial charge in [-0.25, -0.2) is 23.6 Å². The van der Waals surface area contributed by atoms with Crippen molar-refractivity contribution >= 4 is 21.6 Å². The van der Waals surface area contributed by atoms with Crippen LogP contribution >= 0.6 is 0 Å². The van der Waals surface area contributed by atoms with Gasteiger partial charge in [-0.2, -0.15) is 5.26 Å². The third kappa shape index (κ3) is 5.06. The highest BCUT2D eigenvalue weighted by Gasteiger charge is 2.54. The quantitative estimate of drug-likeness (QED) is 0.468. The normalized spacial score (nSPS) is 30.3. The van der Waals surface area contributed by atoms with Crippen LogP contribution in [0.4, 0.5) is 5.69 Å². The lowest BCUT2D eigenvalue weighted by molar-refractivity contribution is -0.130. The van der Waals surface area contributed by atoms with Gasteiger partial charge in [0.25, 0.3) is 0 Å². The molecule has 4 N–H and O–H groups in total. The van der Waals surface area contributed by atoms with Crippen molar-refractivity contribution in [2.45, 2.75) is 74.6 Å². The van der Waals surface area contributed by atoms with Gasteiger partial charge in [-0.3, -0.25) is 4.79 Å². The van der Waals surface area contributed by atoms with Crippen LogP contribution in [0, 0.1) is 17.2 Å². The summed E-state index contributed by atoms with van der Waals surface area (Å²) in [6.07, 6.45) is 2.35. The van der Waals surface area contributed by atoms with Crippen LogP contribution in [-0.4, -0.2) is 62.4 Å². The molecule has 34 heavy (non-hydrogen) atoms. The van der Waals surface area contributed by atoms with Gasteiger partial charge < -0.3 is 15.4 Å². The maximum absolute atomic E-state index is 12.9. The number of carbonyl (C=O) groups excluding carboxylic acids is 1. The average molecular weight is 491 g/mol. The molecule has 0 saturated carbocycles. The van der Waals surface area contributed by atoms with E-state index < -0.39 is 27.3 Å². The number of piperidine rings is 1. The van der Waals surface area contributed by atoms with Gasteiger partial charge in [0.05, 0.1) is 35.4 Å². The molecule has 4 atom stereocenters. The molecule has 1 aromatic carbocycles. The summed E-state index contributed by atoms with van der Waals surface area (Å²) in [7, 11) is -3.64. The first-order chi connectivity index (χ1) is 16.0. The third-order valence-corrected chi connectivity index (χ3v) is 8.35. The number of hydrogen-bond donors (Lipinski definition) is 4. The van der Waals surface area contributed by atoms with Crippen LogP contribution in [0.1, 0.15) is 46.5 Å². The summed E-state index contributed by atoms with van der Waals surface area (Å²) in [6.45, 7) is 7.08. The molecule has 0 aromatic heterocycles. The molecule has 1 aromatic rings. The molecule has 186 valence electrons. The Morgan fingerprint density at radius 2 is 2.03 bits per heavy atom. The van der Waals surface area contributed by atoms with Crippen molar-refractivity contribution in [1.82, 2.24) is 20.5 Å². The van der Waals surface area contributed by atoms with E-state index in [4.69, 9.17) is 4.74 Å². The van der Waals surface area contributed by atoms with Crippen LogP contribution in [0.3, 0.4) is 0 Å². The van der Waals surface area contributed by atoms with Gasteiger partial charge >= 0.3 is 0 Å². The molecule has 0 bridgehead atoms. The number of benzene rings is 1. The number of nitrogens with one attached hydrogen (secondary N) is 4. The number of ether oxygens (including phenoxy) is 1. The molecule has 3 aliphatic rings. The van der Waals surface area contributed by atoms with Crippen LogP contribution in [0.25, 0.3) is 0 Å². The van der Waals surface area contributed by atoms with E-state index in [1.54, 1.807) is 45.0 Å². The van der Waals surface area contributed by atoms with Crippen molar-refractivity contribution in [3.05, 3.63) is 24.3 Å². The van der Waals surface area contributed by atoms with E-state index in [1.807, 2.05) is 0 Å². The van der Waals surface area contributed by atoms with E-state index in [-0.39, 0.29) is 22.8 Å². The lowest BCUT2D eigenvalue weighted by Gasteiger charge is -2.46. The first-order valence-corrected chi connectivity index (χ1v) is 13.2. The molecular weight excluding hydrogens is 456 g/mol. The Kier molecular flexibility index (Phi) is 6.90. The van der Waals surface area contributed by atoms with Gasteiger partial charge in [0, 0.05) is 30.4 Å². The summed E-state index contributed by atoms with van der Waals surface area (Å²) in [5.74, 6) is -0.404. The topological polar surface area (TPSA) is 136 Å². The molecule has 0 spiro atoms. The van der Waals surface area contributed by atoms with E-state index in [2.05, 4.69) is 31.9 Å². The number of anilines is 1. The number of fused-ring (bicyclic) bond motifs is 1. The minimum Gasteiger partial charge on any atom is -0.379 e.